The molecule has 108 valence electrons. The quantitative estimate of drug-likeness (QED) is 0.829. The van der Waals surface area contributed by atoms with Crippen molar-refractivity contribution >= 4 is 0 Å². The smallest absolute Gasteiger partial charge is 0.116 e. The number of nitrogens with zero attached hydrogens (tertiary/aromatic N) is 2. The van der Waals surface area contributed by atoms with Crippen LogP contribution >= 0.6 is 0 Å². The van der Waals surface area contributed by atoms with E-state index in [0.717, 1.165) is 18.9 Å². The van der Waals surface area contributed by atoms with Gasteiger partial charge < -0.3 is 4.90 Å². The fraction of sp³-hybridized carbons (Fsp3) is 0.222. The van der Waals surface area contributed by atoms with E-state index in [0.29, 0.717) is 6.61 Å². The van der Waals surface area contributed by atoms with Crippen LogP contribution in [0.2, 0.25) is 0 Å². The van der Waals surface area contributed by atoms with E-state index < -0.39 is 0 Å². The Morgan fingerprint density at radius 2 is 1.52 bits per heavy atom. The normalized spacial score (nSPS) is 14.4. The van der Waals surface area contributed by atoms with Gasteiger partial charge in [0.1, 0.15) is 6.67 Å². The standard InChI is InChI=1S/C18H20N2O/c1-16-12-19(13-17-8-4-2-5-9-17)15-20(16)21-14-18-10-6-3-7-11-18/h2-12H,13-15H2,1H3. The second-order valence-corrected chi connectivity index (χ2v) is 5.28. The first-order chi connectivity index (χ1) is 10.3. The molecule has 0 bridgehead atoms. The lowest BCUT2D eigenvalue weighted by Crippen LogP contribution is -2.26. The average molecular weight is 280 g/mol. The zero-order valence-electron chi connectivity index (χ0n) is 12.3. The van der Waals surface area contributed by atoms with Crippen LogP contribution in [0.1, 0.15) is 18.1 Å². The maximum atomic E-state index is 5.89. The highest BCUT2D eigenvalue weighted by molar-refractivity contribution is 5.16. The maximum absolute atomic E-state index is 5.89. The van der Waals surface area contributed by atoms with E-state index in [1.54, 1.807) is 0 Å². The molecule has 0 aliphatic carbocycles. The Bertz CT molecular complexity index is 595. The highest BCUT2D eigenvalue weighted by atomic mass is 16.7. The molecule has 3 nitrogen and oxygen atoms in total. The zero-order valence-corrected chi connectivity index (χ0v) is 12.3. The molecular formula is C18H20N2O. The number of hydroxylamine groups is 2. The van der Waals surface area contributed by atoms with Crippen molar-refractivity contribution in [2.24, 2.45) is 0 Å². The van der Waals surface area contributed by atoms with Gasteiger partial charge in [-0.15, -0.1) is 0 Å². The van der Waals surface area contributed by atoms with Gasteiger partial charge in [0, 0.05) is 12.7 Å². The van der Waals surface area contributed by atoms with Crippen molar-refractivity contribution in [2.45, 2.75) is 20.1 Å². The van der Waals surface area contributed by atoms with E-state index in [9.17, 15) is 0 Å². The molecule has 0 radical (unpaired) electrons. The number of benzene rings is 2. The van der Waals surface area contributed by atoms with Gasteiger partial charge in [0.05, 0.1) is 12.3 Å². The minimum absolute atomic E-state index is 0.602. The van der Waals surface area contributed by atoms with Gasteiger partial charge in [-0.25, -0.2) is 5.06 Å². The molecule has 0 atom stereocenters. The van der Waals surface area contributed by atoms with Crippen LogP contribution in [0.15, 0.2) is 72.6 Å². The van der Waals surface area contributed by atoms with Gasteiger partial charge in [-0.05, 0) is 18.1 Å². The summed E-state index contributed by atoms with van der Waals surface area (Å²) in [6, 6.07) is 20.7. The lowest BCUT2D eigenvalue weighted by atomic mass is 10.2. The highest BCUT2D eigenvalue weighted by Gasteiger charge is 2.18. The Morgan fingerprint density at radius 1 is 0.905 bits per heavy atom. The molecule has 0 saturated carbocycles. The van der Waals surface area contributed by atoms with Crippen molar-refractivity contribution in [3.05, 3.63) is 83.7 Å². The Hall–Kier alpha value is -2.26. The van der Waals surface area contributed by atoms with E-state index in [4.69, 9.17) is 4.84 Å². The third-order valence-electron chi connectivity index (χ3n) is 3.53. The summed E-state index contributed by atoms with van der Waals surface area (Å²) in [5.74, 6) is 0. The van der Waals surface area contributed by atoms with E-state index in [1.807, 2.05) is 29.3 Å². The van der Waals surface area contributed by atoms with Crippen molar-refractivity contribution in [3.63, 3.8) is 0 Å². The molecule has 0 spiro atoms. The summed E-state index contributed by atoms with van der Waals surface area (Å²) in [6.07, 6.45) is 2.15. The van der Waals surface area contributed by atoms with Crippen molar-refractivity contribution in [1.29, 1.82) is 0 Å². The fourth-order valence-corrected chi connectivity index (χ4v) is 2.43. The molecule has 0 aromatic heterocycles. The molecule has 2 aromatic rings. The first-order valence-electron chi connectivity index (χ1n) is 7.22. The second-order valence-electron chi connectivity index (χ2n) is 5.28. The summed E-state index contributed by atoms with van der Waals surface area (Å²) < 4.78 is 0. The summed E-state index contributed by atoms with van der Waals surface area (Å²) in [7, 11) is 0. The Morgan fingerprint density at radius 3 is 2.19 bits per heavy atom. The van der Waals surface area contributed by atoms with E-state index in [1.165, 1.54) is 11.1 Å². The fourth-order valence-electron chi connectivity index (χ4n) is 2.43. The van der Waals surface area contributed by atoms with Gasteiger partial charge in [-0.2, -0.15) is 0 Å². The van der Waals surface area contributed by atoms with E-state index >= 15 is 0 Å². The molecule has 3 rings (SSSR count). The van der Waals surface area contributed by atoms with Crippen LogP contribution in [0.5, 0.6) is 0 Å². The van der Waals surface area contributed by atoms with Gasteiger partial charge in [-0.3, -0.25) is 4.84 Å². The Kier molecular flexibility index (Phi) is 4.22. The number of rotatable bonds is 5. The number of hydrogen-bond acceptors (Lipinski definition) is 3. The van der Waals surface area contributed by atoms with Gasteiger partial charge >= 0.3 is 0 Å². The molecule has 1 heterocycles. The lowest BCUT2D eigenvalue weighted by Gasteiger charge is -2.22. The molecule has 1 aliphatic rings. The summed E-state index contributed by atoms with van der Waals surface area (Å²) in [5.41, 5.74) is 3.64. The van der Waals surface area contributed by atoms with E-state index in [2.05, 4.69) is 54.4 Å². The van der Waals surface area contributed by atoms with Crippen LogP contribution in [-0.2, 0) is 18.0 Å². The first-order valence-corrected chi connectivity index (χ1v) is 7.22. The lowest BCUT2D eigenvalue weighted by molar-refractivity contribution is -0.149. The minimum atomic E-state index is 0.602. The molecule has 3 heteroatoms. The van der Waals surface area contributed by atoms with Crippen LogP contribution in [0.4, 0.5) is 0 Å². The van der Waals surface area contributed by atoms with Crippen LogP contribution < -0.4 is 0 Å². The second kappa shape index (κ2) is 6.46. The van der Waals surface area contributed by atoms with Crippen LogP contribution in [0, 0.1) is 0 Å². The predicted molar refractivity (Wildman–Crippen MR) is 83.7 cm³/mol. The van der Waals surface area contributed by atoms with Crippen LogP contribution in [-0.4, -0.2) is 16.6 Å². The molecule has 0 unspecified atom stereocenters. The molecule has 0 amide bonds. The van der Waals surface area contributed by atoms with Gasteiger partial charge in [0.2, 0.25) is 0 Å². The molecule has 0 saturated heterocycles. The number of allylic oxidation sites excluding steroid dienone is 1. The molecular weight excluding hydrogens is 260 g/mol. The Labute approximate surface area is 126 Å². The third-order valence-corrected chi connectivity index (χ3v) is 3.53. The molecule has 0 fully saturated rings. The monoisotopic (exact) mass is 280 g/mol. The minimum Gasteiger partial charge on any atom is -0.352 e. The van der Waals surface area contributed by atoms with Gasteiger partial charge in [0.15, 0.2) is 0 Å². The van der Waals surface area contributed by atoms with Crippen molar-refractivity contribution in [3.8, 4) is 0 Å². The molecule has 2 aromatic carbocycles. The summed E-state index contributed by atoms with van der Waals surface area (Å²) in [5, 5.41) is 1.95. The van der Waals surface area contributed by atoms with Crippen LogP contribution in [0.25, 0.3) is 0 Å². The Balaban J connectivity index is 1.54. The average Bonchev–Trinajstić information content (AvgIpc) is 2.87. The number of hydrogen-bond donors (Lipinski definition) is 0. The van der Waals surface area contributed by atoms with Crippen molar-refractivity contribution in [1.82, 2.24) is 9.96 Å². The zero-order chi connectivity index (χ0) is 14.5. The molecule has 0 N–H and O–H groups in total. The van der Waals surface area contributed by atoms with Gasteiger partial charge in [0.25, 0.3) is 0 Å². The largest absolute Gasteiger partial charge is 0.352 e. The summed E-state index contributed by atoms with van der Waals surface area (Å²) in [4.78, 5) is 8.15. The van der Waals surface area contributed by atoms with Crippen LogP contribution in [0.3, 0.4) is 0 Å². The third kappa shape index (κ3) is 3.64. The van der Waals surface area contributed by atoms with E-state index in [-0.39, 0.29) is 0 Å². The van der Waals surface area contributed by atoms with Gasteiger partial charge in [-0.1, -0.05) is 60.7 Å². The molecule has 1 aliphatic heterocycles. The summed E-state index contributed by atoms with van der Waals surface area (Å²) >= 11 is 0. The first kappa shape index (κ1) is 13.7. The predicted octanol–water partition coefficient (Wildman–Crippen LogP) is 3.75. The van der Waals surface area contributed by atoms with Crippen molar-refractivity contribution < 1.29 is 4.84 Å². The highest BCUT2D eigenvalue weighted by Crippen LogP contribution is 2.19. The summed E-state index contributed by atoms with van der Waals surface area (Å²) in [6.45, 7) is 4.36. The topological polar surface area (TPSA) is 15.7 Å². The SMILES string of the molecule is CC1=CN(Cc2ccccc2)CN1OCc1ccccc1. The van der Waals surface area contributed by atoms with Crippen molar-refractivity contribution in [2.75, 3.05) is 6.67 Å². The maximum Gasteiger partial charge on any atom is 0.116 e. The molecule has 21 heavy (non-hydrogen) atoms.